The number of nitrogens with one attached hydrogen (secondary N) is 18. The van der Waals surface area contributed by atoms with E-state index in [0.717, 1.165) is 25.7 Å². The molecule has 784 valence electrons. The molecule has 0 aliphatic carbocycles. The molecule has 53 nitrogen and oxygen atoms in total. The number of nitrogens with two attached hydrogens (primary N) is 2. The Bertz CT molecular complexity index is 4350. The van der Waals surface area contributed by atoms with E-state index in [4.69, 9.17) is 11.5 Å². The normalized spacial score (nSPS) is 16.8. The van der Waals surface area contributed by atoms with Crippen LogP contribution >= 0.6 is 0 Å². The number of hydrogen-bond acceptors (Lipinski definition) is 32. The number of phenols is 1. The molecule has 1 heterocycles. The third kappa shape index (κ3) is 41.2. The summed E-state index contributed by atoms with van der Waals surface area (Å²) < 4.78 is 0. The van der Waals surface area contributed by atoms with E-state index >= 15 is 0 Å². The number of carbonyl (C=O) groups excluding carboxylic acids is 20. The largest absolute Gasteiger partial charge is 0.508 e. The lowest BCUT2D eigenvalue weighted by Gasteiger charge is -2.33. The predicted molar refractivity (Wildman–Crippen MR) is 488 cm³/mol. The number of benzene rings is 1. The maximum absolute atomic E-state index is 14.6. The van der Waals surface area contributed by atoms with E-state index in [-0.39, 0.29) is 56.7 Å². The quantitative estimate of drug-likeness (QED) is 0.0288. The zero-order valence-corrected chi connectivity index (χ0v) is 80.5. The summed E-state index contributed by atoms with van der Waals surface area (Å²) in [5, 5.41) is 154. The number of primary amides is 1. The first-order valence-corrected chi connectivity index (χ1v) is 45.4. The first-order chi connectivity index (χ1) is 65.0. The molecule has 2 rings (SSSR count). The lowest BCUT2D eigenvalue weighted by Crippen LogP contribution is -2.64. The van der Waals surface area contributed by atoms with Gasteiger partial charge in [-0.3, -0.25) is 95.9 Å². The molecular weight excluding hydrogens is 1840 g/mol. The van der Waals surface area contributed by atoms with E-state index in [9.17, 15) is 157 Å². The number of nitrogens with zero attached hydrogens (tertiary/aromatic N) is 1. The van der Waals surface area contributed by atoms with E-state index in [1.54, 1.807) is 41.5 Å². The van der Waals surface area contributed by atoms with Crippen LogP contribution in [0.25, 0.3) is 0 Å². The summed E-state index contributed by atoms with van der Waals surface area (Å²) in [5.74, 6) is -27.2. The molecule has 1 aliphatic rings. The molecule has 139 heavy (non-hydrogen) atoms. The van der Waals surface area contributed by atoms with Gasteiger partial charge in [0.1, 0.15) is 108 Å². The van der Waals surface area contributed by atoms with Gasteiger partial charge in [0.2, 0.25) is 118 Å². The molecule has 53 heteroatoms. The second-order valence-electron chi connectivity index (χ2n) is 36.0. The van der Waals surface area contributed by atoms with Crippen LogP contribution in [-0.4, -0.2) is 372 Å². The van der Waals surface area contributed by atoms with Gasteiger partial charge in [0.25, 0.3) is 0 Å². The molecule has 0 unspecified atom stereocenters. The smallest absolute Gasteiger partial charge is 0.328 e. The van der Waals surface area contributed by atoms with Crippen LogP contribution in [-0.2, 0) is 107 Å². The van der Waals surface area contributed by atoms with Gasteiger partial charge in [0, 0.05) is 19.4 Å². The van der Waals surface area contributed by atoms with E-state index < -0.39 is 346 Å². The molecule has 1 aromatic rings. The van der Waals surface area contributed by atoms with Crippen LogP contribution in [0.3, 0.4) is 0 Å². The highest BCUT2D eigenvalue weighted by molar-refractivity contribution is 6.02. The number of aromatic hydroxyl groups is 1. The first-order valence-electron chi connectivity index (χ1n) is 45.4. The molecule has 0 radical (unpaired) electrons. The van der Waals surface area contributed by atoms with Crippen molar-refractivity contribution in [3.63, 3.8) is 0 Å². The second kappa shape index (κ2) is 60.4. The minimum atomic E-state index is -2.00. The average Bonchev–Trinajstić information content (AvgIpc) is 1.59. The molecule has 21 atom stereocenters. The Hall–Kier alpha value is -12.5. The Morgan fingerprint density at radius 3 is 1.03 bits per heavy atom. The molecule has 1 fully saturated rings. The topological polar surface area (TPSA) is 853 Å². The molecule has 20 amide bonds. The van der Waals surface area contributed by atoms with Gasteiger partial charge in [0.05, 0.1) is 71.0 Å². The van der Waals surface area contributed by atoms with Gasteiger partial charge >= 0.3 is 5.97 Å². The van der Waals surface area contributed by atoms with Gasteiger partial charge in [0.15, 0.2) is 6.04 Å². The summed E-state index contributed by atoms with van der Waals surface area (Å²) in [5.41, 5.74) is 11.1. The summed E-state index contributed by atoms with van der Waals surface area (Å²) in [6.07, 6.45) is -6.51. The molecular formula is C86H143N21O32. The Morgan fingerprint density at radius 2 is 0.655 bits per heavy atom. The fourth-order valence-corrected chi connectivity index (χ4v) is 13.9. The zero-order chi connectivity index (χ0) is 106. The fraction of sp³-hybridized carbons (Fsp3) is 0.686. The summed E-state index contributed by atoms with van der Waals surface area (Å²) in [6.45, 7) is 13.6. The van der Waals surface area contributed by atoms with E-state index in [2.05, 4.69) is 90.4 Å². The Balaban J connectivity index is 2.24. The van der Waals surface area contributed by atoms with Crippen LogP contribution in [0.15, 0.2) is 24.3 Å². The van der Waals surface area contributed by atoms with Crippen molar-refractivity contribution < 1.29 is 157 Å². The van der Waals surface area contributed by atoms with Crippen LogP contribution in [0.1, 0.15) is 154 Å². The monoisotopic (exact) mass is 1980 g/mol. The van der Waals surface area contributed by atoms with Crippen molar-refractivity contribution in [2.75, 3.05) is 59.3 Å². The van der Waals surface area contributed by atoms with Crippen LogP contribution in [0.4, 0.5) is 0 Å². The third-order valence-electron chi connectivity index (χ3n) is 21.6. The number of aliphatic hydroxyl groups excluding tert-OH is 9. The van der Waals surface area contributed by atoms with Gasteiger partial charge in [-0.25, -0.2) is 4.79 Å². The number of carboxylic acids is 1. The van der Waals surface area contributed by atoms with Crippen molar-refractivity contribution in [1.82, 2.24) is 101 Å². The average molecular weight is 1980 g/mol. The summed E-state index contributed by atoms with van der Waals surface area (Å²) in [4.78, 5) is 286. The van der Waals surface area contributed by atoms with Crippen LogP contribution in [0.5, 0.6) is 5.75 Å². The van der Waals surface area contributed by atoms with E-state index in [1.807, 2.05) is 5.32 Å². The van der Waals surface area contributed by atoms with Crippen LogP contribution in [0.2, 0.25) is 0 Å². The molecule has 0 spiro atoms. The lowest BCUT2D eigenvalue weighted by atomic mass is 9.98. The highest BCUT2D eigenvalue weighted by Crippen LogP contribution is 2.23. The number of rotatable bonds is 61. The standard InChI is InChI=1S/C86H143N21O32/c1-37(2)25-49(69(121)89-30-62(120)101-66(43(13)114)83(135)91-48(22-23-60(88)118)70(122)106-68(45(15)116)86(138)139)92-74(126)54(32-109)97-77(129)56(34-111)98-78(130)57(35-112)100-80(132)59-17-16-24-107(59)85(137)65(42(11)12)104-84(136)67(44(14)115)105-82(134)64(41(9)10)103-81(133)63(40(7)8)102-79(131)58(36-113)99-76(128)55(33-110)95-72(124)51(27-39(5)6)93-75(127)53(31-108)96-73(125)52(28-46-18-20-47(117)21-19-46)94-71(123)50(26-38(3)4)90-61(119)29-87/h18-21,37-45,48-59,63-68,108-117H,16-17,22-36,87H2,1-15H3,(H2,88,118)(H,89,121)(H,90,119)(H,91,135)(H,92,126)(H,93,127)(H,94,123)(H,95,124)(H,96,125)(H,97,129)(H,98,130)(H,99,128)(H,100,132)(H,101,120)(H,102,131)(H,103,133)(H,104,136)(H,105,134)(H,106,122)(H,138,139)/t43-,44-,45-,48+,49+,50+,51+,52+,53+,54+,55+,56+,57+,58+,59+,63+,64+,65+,66+,67+,68+/m1/s1. The highest BCUT2D eigenvalue weighted by atomic mass is 16.4. The number of carboxylic acid groups (broad SMARTS) is 1. The molecule has 33 N–H and O–H groups in total. The summed E-state index contributed by atoms with van der Waals surface area (Å²) in [6, 6.07) is -25.2. The number of amides is 20. The number of phenolic OH excluding ortho intramolecular Hbond substituents is 1. The Kier molecular flexibility index (Phi) is 53.2. The number of aliphatic carboxylic acids is 1. The number of carbonyl (C=O) groups is 21. The van der Waals surface area contributed by atoms with Gasteiger partial charge in [-0.15, -0.1) is 0 Å². The zero-order valence-electron chi connectivity index (χ0n) is 80.5. The molecule has 1 aliphatic heterocycles. The van der Waals surface area contributed by atoms with Crippen LogP contribution in [0, 0.1) is 35.5 Å². The molecule has 0 aromatic heterocycles. The first kappa shape index (κ1) is 123. The van der Waals surface area contributed by atoms with Crippen molar-refractivity contribution in [2.24, 2.45) is 47.0 Å². The minimum Gasteiger partial charge on any atom is -0.508 e. The lowest BCUT2D eigenvalue weighted by molar-refractivity contribution is -0.145. The van der Waals surface area contributed by atoms with E-state index in [0.29, 0.717) is 5.56 Å². The number of likely N-dealkylation sites (tertiary alicyclic amines) is 1. The minimum absolute atomic E-state index is 0.0692. The van der Waals surface area contributed by atoms with Gasteiger partial charge in [-0.05, 0) is 112 Å². The molecule has 0 saturated carbocycles. The second-order valence-corrected chi connectivity index (χ2v) is 36.0. The SMILES string of the molecule is CC(C)C[C@H](NC(=O)CN)C(=O)N[C@@H](Cc1ccc(O)cc1)C(=O)N[C@@H](CO)C(=O)N[C@@H](CC(C)C)C(=O)N[C@@H](CO)C(=O)N[C@@H](CO)C(=O)N[C@H](C(=O)N[C@H](C(=O)N[C@H](C(=O)N[C@H](C(=O)N1CCC[C@H]1C(=O)N[C@@H](CO)C(=O)N[C@@H](CO)C(=O)N[C@@H](CO)C(=O)N[C@@H](CC(C)C)C(=O)NCC(=O)N[C@H](C(=O)N[C@@H](CCC(N)=O)C(=O)N[C@H](C(=O)O)[C@@H](C)O)[C@@H](C)O)C(C)C)[C@@H](C)O)C(C)C)C(C)C. The van der Waals surface area contributed by atoms with Gasteiger partial charge in [-0.1, -0.05) is 95.2 Å². The maximum atomic E-state index is 14.6. The van der Waals surface area contributed by atoms with Crippen molar-refractivity contribution in [2.45, 2.75) is 282 Å². The van der Waals surface area contributed by atoms with E-state index in [1.165, 1.54) is 65.8 Å². The van der Waals surface area contributed by atoms with Crippen LogP contribution < -0.4 is 107 Å². The number of hydrogen-bond donors (Lipinski definition) is 31. The Labute approximate surface area is 802 Å². The maximum Gasteiger partial charge on any atom is 0.328 e. The fourth-order valence-electron chi connectivity index (χ4n) is 13.9. The Morgan fingerprint density at radius 1 is 0.353 bits per heavy atom. The van der Waals surface area contributed by atoms with Gasteiger partial charge < -0.3 is 168 Å². The molecule has 1 saturated heterocycles. The third-order valence-corrected chi connectivity index (χ3v) is 21.6. The predicted octanol–water partition coefficient (Wildman–Crippen LogP) is -13.2. The molecule has 1 aromatic carbocycles. The van der Waals surface area contributed by atoms with Crippen molar-refractivity contribution >= 4 is 124 Å². The molecule has 0 bridgehead atoms. The summed E-state index contributed by atoms with van der Waals surface area (Å²) >= 11 is 0. The van der Waals surface area contributed by atoms with Crippen molar-refractivity contribution in [3.05, 3.63) is 29.8 Å². The number of aliphatic hydroxyl groups is 9. The summed E-state index contributed by atoms with van der Waals surface area (Å²) in [7, 11) is 0. The van der Waals surface area contributed by atoms with Crippen molar-refractivity contribution in [1.29, 1.82) is 0 Å². The van der Waals surface area contributed by atoms with Crippen molar-refractivity contribution in [3.8, 4) is 5.75 Å². The highest BCUT2D eigenvalue weighted by Gasteiger charge is 2.45. The van der Waals surface area contributed by atoms with Gasteiger partial charge in [-0.2, -0.15) is 0 Å².